The molecule has 0 unspecified atom stereocenters. The summed E-state index contributed by atoms with van der Waals surface area (Å²) < 4.78 is 16.7. The average molecular weight is 507 g/mol. The fraction of sp³-hybridized carbons (Fsp3) is 0.185. The molecule has 3 aromatic carbocycles. The van der Waals surface area contributed by atoms with Crippen LogP contribution in [-0.4, -0.2) is 40.9 Å². The first-order valence-electron chi connectivity index (χ1n) is 11.2. The maximum absolute atomic E-state index is 13.6. The molecule has 0 aromatic heterocycles. The van der Waals surface area contributed by atoms with Crippen molar-refractivity contribution >= 4 is 29.1 Å². The molecule has 3 aromatic rings. The molecule has 6 rings (SSSR count). The normalized spacial score (nSPS) is 23.1. The predicted molar refractivity (Wildman–Crippen MR) is 122 cm³/mol. The summed E-state index contributed by atoms with van der Waals surface area (Å²) in [6.07, 6.45) is -1.19. The third kappa shape index (κ3) is 3.77. The second-order valence-electron chi connectivity index (χ2n) is 8.72. The summed E-state index contributed by atoms with van der Waals surface area (Å²) >= 11 is 0. The van der Waals surface area contributed by atoms with Gasteiger partial charge in [0.05, 0.1) is 11.8 Å². The summed E-state index contributed by atoms with van der Waals surface area (Å²) in [6, 6.07) is 19.1. The first-order chi connectivity index (χ1) is 17.4. The molecule has 0 bridgehead atoms. The predicted octanol–water partition coefficient (Wildman–Crippen LogP) is -0.284. The molecule has 0 amide bonds. The molecular weight excluding hydrogens is 489 g/mol. The fourth-order valence-corrected chi connectivity index (χ4v) is 5.22. The first-order valence-corrected chi connectivity index (χ1v) is 11.2. The Hall–Kier alpha value is -3.50. The van der Waals surface area contributed by atoms with Crippen molar-refractivity contribution < 1.29 is 68.4 Å². The Balaban J connectivity index is 0.00000280. The van der Waals surface area contributed by atoms with Crippen molar-refractivity contribution in [3.05, 3.63) is 89.5 Å². The molecule has 1 aliphatic carbocycles. The third-order valence-electron chi connectivity index (χ3n) is 6.80. The zero-order valence-electron chi connectivity index (χ0n) is 19.6. The number of carboxylic acids is 1. The quantitative estimate of drug-likeness (QED) is 0.221. The average Bonchev–Trinajstić information content (AvgIpc) is 3.56. The Labute approximate surface area is 233 Å². The Bertz CT molecular complexity index is 1420. The van der Waals surface area contributed by atoms with Crippen LogP contribution in [0, 0.1) is 11.8 Å². The molecule has 1 saturated heterocycles. The fourth-order valence-electron chi connectivity index (χ4n) is 5.22. The zero-order valence-corrected chi connectivity index (χ0v) is 21.6. The molecule has 2 heterocycles. The van der Waals surface area contributed by atoms with Gasteiger partial charge in [-0.1, -0.05) is 54.6 Å². The van der Waals surface area contributed by atoms with Crippen molar-refractivity contribution in [2.75, 3.05) is 6.79 Å². The molecule has 2 aliphatic heterocycles. The van der Waals surface area contributed by atoms with E-state index in [-0.39, 0.29) is 53.2 Å². The molecular formula is C27H18NNaO8. The second-order valence-corrected chi connectivity index (χ2v) is 8.72. The summed E-state index contributed by atoms with van der Waals surface area (Å²) in [4.78, 5) is 44.0. The van der Waals surface area contributed by atoms with E-state index in [0.29, 0.717) is 17.1 Å². The number of ether oxygens (including phenoxy) is 3. The van der Waals surface area contributed by atoms with Crippen LogP contribution < -0.4 is 44.1 Å². The van der Waals surface area contributed by atoms with E-state index in [2.05, 4.69) is 4.99 Å². The van der Waals surface area contributed by atoms with Crippen LogP contribution in [0.3, 0.4) is 0 Å². The SMILES string of the molecule is O=C(O)[C@H]1[C@@H](C([O-])=Nc2ccc3c(c2)OCO3)[C@@H](c2ccccc2)OC12C(=O)c1ccccc1C2=O.[Na+]. The van der Waals surface area contributed by atoms with Crippen LogP contribution in [0.2, 0.25) is 0 Å². The summed E-state index contributed by atoms with van der Waals surface area (Å²) in [5, 5.41) is 24.0. The van der Waals surface area contributed by atoms with E-state index in [1.807, 2.05) is 0 Å². The molecule has 3 aliphatic rings. The monoisotopic (exact) mass is 507 g/mol. The van der Waals surface area contributed by atoms with Gasteiger partial charge in [0, 0.05) is 23.1 Å². The van der Waals surface area contributed by atoms with Gasteiger partial charge in [-0.2, -0.15) is 0 Å². The van der Waals surface area contributed by atoms with Crippen molar-refractivity contribution in [3.8, 4) is 11.5 Å². The number of aliphatic carboxylic acids is 1. The number of Topliss-reactive ketones (excluding diaryl/α,β-unsaturated/α-hetero) is 2. The molecule has 1 fully saturated rings. The standard InChI is InChI=1S/C27H19NO8.Na/c29-23-16-8-4-5-9-17(16)24(30)27(23)21(26(32)33)20(22(36-27)14-6-2-1-3-7-14)25(31)28-15-10-11-18-19(12-15)35-13-34-18;/h1-12,20-22H,13H2,(H,28,31)(H,32,33);/q;+1/p-1/t20-,21-,22-;/m1./s1. The van der Waals surface area contributed by atoms with Crippen LogP contribution in [0.5, 0.6) is 11.5 Å². The number of carboxylic acid groups (broad SMARTS) is 1. The van der Waals surface area contributed by atoms with E-state index in [1.165, 1.54) is 24.3 Å². The summed E-state index contributed by atoms with van der Waals surface area (Å²) in [6.45, 7) is 0.0354. The van der Waals surface area contributed by atoms with E-state index < -0.39 is 47.0 Å². The van der Waals surface area contributed by atoms with Gasteiger partial charge in [0.15, 0.2) is 11.5 Å². The van der Waals surface area contributed by atoms with Crippen molar-refractivity contribution in [1.29, 1.82) is 0 Å². The van der Waals surface area contributed by atoms with Gasteiger partial charge in [0.1, 0.15) is 5.92 Å². The van der Waals surface area contributed by atoms with Crippen molar-refractivity contribution in [3.63, 3.8) is 0 Å². The zero-order chi connectivity index (χ0) is 25.0. The van der Waals surface area contributed by atoms with Gasteiger partial charge in [0.2, 0.25) is 24.0 Å². The molecule has 180 valence electrons. The second kappa shape index (κ2) is 9.42. The maximum atomic E-state index is 13.6. The van der Waals surface area contributed by atoms with Crippen molar-refractivity contribution in [2.45, 2.75) is 11.7 Å². The van der Waals surface area contributed by atoms with Crippen LogP contribution in [0.4, 0.5) is 5.69 Å². The molecule has 1 spiro atoms. The number of carbonyl (C=O) groups is 3. The Morgan fingerprint density at radius 1 is 0.919 bits per heavy atom. The van der Waals surface area contributed by atoms with E-state index in [0.717, 1.165) is 0 Å². The Kier molecular flexibility index (Phi) is 6.41. The van der Waals surface area contributed by atoms with Crippen LogP contribution in [0.25, 0.3) is 0 Å². The van der Waals surface area contributed by atoms with Gasteiger partial charge in [0.25, 0.3) is 0 Å². The largest absolute Gasteiger partial charge is 1.00 e. The van der Waals surface area contributed by atoms with Gasteiger partial charge in [-0.25, -0.2) is 0 Å². The van der Waals surface area contributed by atoms with E-state index in [9.17, 15) is 24.6 Å². The Morgan fingerprint density at radius 3 is 2.19 bits per heavy atom. The summed E-state index contributed by atoms with van der Waals surface area (Å²) in [5.41, 5.74) is -1.56. The van der Waals surface area contributed by atoms with Crippen molar-refractivity contribution in [2.24, 2.45) is 16.8 Å². The number of fused-ring (bicyclic) bond motifs is 2. The van der Waals surface area contributed by atoms with E-state index in [4.69, 9.17) is 14.2 Å². The molecule has 37 heavy (non-hydrogen) atoms. The number of hydrogen-bond acceptors (Lipinski definition) is 8. The van der Waals surface area contributed by atoms with E-state index in [1.54, 1.807) is 48.5 Å². The minimum Gasteiger partial charge on any atom is -0.861 e. The van der Waals surface area contributed by atoms with Gasteiger partial charge >= 0.3 is 35.5 Å². The van der Waals surface area contributed by atoms with E-state index >= 15 is 0 Å². The molecule has 1 N–H and O–H groups in total. The molecule has 9 nitrogen and oxygen atoms in total. The minimum atomic E-state index is -2.37. The molecule has 0 saturated carbocycles. The van der Waals surface area contributed by atoms with Crippen LogP contribution in [0.1, 0.15) is 32.4 Å². The topological polar surface area (TPSA) is 135 Å². The molecule has 3 atom stereocenters. The minimum absolute atomic E-state index is 0. The number of carbonyl (C=O) groups excluding carboxylic acids is 2. The first kappa shape index (κ1) is 25.2. The van der Waals surface area contributed by atoms with Gasteiger partial charge in [-0.3, -0.25) is 19.4 Å². The molecule has 0 radical (unpaired) electrons. The number of ketones is 2. The number of nitrogens with zero attached hydrogens (tertiary/aromatic N) is 1. The number of aliphatic imine (C=N–C) groups is 1. The smallest absolute Gasteiger partial charge is 0.861 e. The van der Waals surface area contributed by atoms with Gasteiger partial charge in [-0.15, -0.1) is 0 Å². The number of rotatable bonds is 4. The number of benzene rings is 3. The summed E-state index contributed by atoms with van der Waals surface area (Å²) in [7, 11) is 0. The Morgan fingerprint density at radius 2 is 1.54 bits per heavy atom. The van der Waals surface area contributed by atoms with Crippen LogP contribution in [-0.2, 0) is 9.53 Å². The number of hydrogen-bond donors (Lipinski definition) is 1. The van der Waals surface area contributed by atoms with Gasteiger partial charge < -0.3 is 24.4 Å². The van der Waals surface area contributed by atoms with Gasteiger partial charge in [-0.05, 0) is 23.6 Å². The van der Waals surface area contributed by atoms with Crippen molar-refractivity contribution in [1.82, 2.24) is 0 Å². The summed E-state index contributed by atoms with van der Waals surface area (Å²) in [5.74, 6) is -6.21. The third-order valence-corrected chi connectivity index (χ3v) is 6.80. The molecule has 10 heteroatoms. The van der Waals surface area contributed by atoms with Crippen LogP contribution in [0.15, 0.2) is 77.8 Å². The maximum Gasteiger partial charge on any atom is 1.00 e. The van der Waals surface area contributed by atoms with Crippen LogP contribution >= 0.6 is 0 Å².